The van der Waals surface area contributed by atoms with E-state index in [4.69, 9.17) is 11.6 Å². The average molecular weight is 257 g/mol. The molecule has 0 amide bonds. The van der Waals surface area contributed by atoms with Crippen LogP contribution in [0.25, 0.3) is 10.9 Å². The third kappa shape index (κ3) is 2.24. The van der Waals surface area contributed by atoms with Crippen molar-refractivity contribution in [3.8, 4) is 0 Å². The van der Waals surface area contributed by atoms with Crippen LogP contribution in [0.2, 0.25) is 5.02 Å². The van der Waals surface area contributed by atoms with Gasteiger partial charge in [-0.2, -0.15) is 0 Å². The highest BCUT2D eigenvalue weighted by Crippen LogP contribution is 2.24. The number of nitrogens with one attached hydrogen (secondary N) is 1. The zero-order valence-electron chi connectivity index (χ0n) is 9.81. The Balaban J connectivity index is 1.87. The summed E-state index contributed by atoms with van der Waals surface area (Å²) in [5, 5.41) is 5.28. The standard InChI is InChI=1S/C15H13ClN2/c16-12-5-6-13-14(7-8-17-15(13)9-12)18-10-11-3-1-2-4-11/h1-9,11H,10H2,(H,17,18). The predicted octanol–water partition coefficient (Wildman–Crippen LogP) is 4.04. The van der Waals surface area contributed by atoms with E-state index in [2.05, 4.69) is 34.6 Å². The number of anilines is 1. The van der Waals surface area contributed by atoms with E-state index >= 15 is 0 Å². The molecule has 1 N–H and O–H groups in total. The fourth-order valence-corrected chi connectivity index (χ4v) is 2.28. The van der Waals surface area contributed by atoms with Gasteiger partial charge in [-0.3, -0.25) is 4.98 Å². The quantitative estimate of drug-likeness (QED) is 0.896. The number of hydrogen-bond acceptors (Lipinski definition) is 2. The van der Waals surface area contributed by atoms with Crippen molar-refractivity contribution >= 4 is 28.2 Å². The minimum Gasteiger partial charge on any atom is -0.384 e. The molecule has 2 aromatic rings. The molecule has 1 aliphatic rings. The molecule has 1 aromatic heterocycles. The van der Waals surface area contributed by atoms with Crippen molar-refractivity contribution in [3.05, 3.63) is 59.8 Å². The molecule has 0 fully saturated rings. The van der Waals surface area contributed by atoms with Crippen LogP contribution in [0.15, 0.2) is 54.8 Å². The molecular formula is C15H13ClN2. The normalized spacial score (nSPS) is 14.5. The molecule has 1 aliphatic carbocycles. The van der Waals surface area contributed by atoms with Crippen molar-refractivity contribution in [2.24, 2.45) is 5.92 Å². The van der Waals surface area contributed by atoms with E-state index < -0.39 is 0 Å². The van der Waals surface area contributed by atoms with Gasteiger partial charge in [0.05, 0.1) is 5.52 Å². The van der Waals surface area contributed by atoms with Crippen molar-refractivity contribution < 1.29 is 0 Å². The van der Waals surface area contributed by atoms with Crippen LogP contribution in [0.1, 0.15) is 0 Å². The van der Waals surface area contributed by atoms with Crippen molar-refractivity contribution in [1.29, 1.82) is 0 Å². The third-order valence-corrected chi connectivity index (χ3v) is 3.30. The first-order valence-corrected chi connectivity index (χ1v) is 6.34. The Bertz CT molecular complexity index is 619. The summed E-state index contributed by atoms with van der Waals surface area (Å²) in [4.78, 5) is 4.33. The molecule has 0 saturated carbocycles. The average Bonchev–Trinajstić information content (AvgIpc) is 2.89. The lowest BCUT2D eigenvalue weighted by atomic mass is 10.1. The van der Waals surface area contributed by atoms with Crippen molar-refractivity contribution in [2.45, 2.75) is 0 Å². The molecule has 1 aromatic carbocycles. The Morgan fingerprint density at radius 1 is 1.17 bits per heavy atom. The van der Waals surface area contributed by atoms with Gasteiger partial charge in [0.1, 0.15) is 0 Å². The highest BCUT2D eigenvalue weighted by Gasteiger charge is 2.06. The first kappa shape index (κ1) is 11.3. The first-order valence-electron chi connectivity index (χ1n) is 5.96. The summed E-state index contributed by atoms with van der Waals surface area (Å²) in [5.74, 6) is 0.473. The lowest BCUT2D eigenvalue weighted by Crippen LogP contribution is -2.09. The van der Waals surface area contributed by atoms with E-state index in [1.807, 2.05) is 24.3 Å². The molecule has 0 atom stereocenters. The summed E-state index contributed by atoms with van der Waals surface area (Å²) < 4.78 is 0. The smallest absolute Gasteiger partial charge is 0.0737 e. The van der Waals surface area contributed by atoms with Gasteiger partial charge in [-0.1, -0.05) is 35.9 Å². The number of pyridine rings is 1. The van der Waals surface area contributed by atoms with E-state index in [1.54, 1.807) is 6.20 Å². The van der Waals surface area contributed by atoms with Gasteiger partial charge in [-0.25, -0.2) is 0 Å². The maximum Gasteiger partial charge on any atom is 0.0737 e. The van der Waals surface area contributed by atoms with E-state index in [0.717, 1.165) is 23.1 Å². The summed E-state index contributed by atoms with van der Waals surface area (Å²) in [6.07, 6.45) is 10.3. The van der Waals surface area contributed by atoms with Gasteiger partial charge in [0.15, 0.2) is 0 Å². The van der Waals surface area contributed by atoms with E-state index in [-0.39, 0.29) is 0 Å². The zero-order chi connectivity index (χ0) is 12.4. The van der Waals surface area contributed by atoms with Gasteiger partial charge in [-0.15, -0.1) is 0 Å². The SMILES string of the molecule is Clc1ccc2c(NCC3C=CC=C3)ccnc2c1. The van der Waals surface area contributed by atoms with E-state index in [0.29, 0.717) is 10.9 Å². The van der Waals surface area contributed by atoms with Gasteiger partial charge in [0.25, 0.3) is 0 Å². The van der Waals surface area contributed by atoms with Gasteiger partial charge in [-0.05, 0) is 24.3 Å². The Morgan fingerprint density at radius 2 is 2.00 bits per heavy atom. The summed E-state index contributed by atoms with van der Waals surface area (Å²) in [6, 6.07) is 7.79. The van der Waals surface area contributed by atoms with Crippen LogP contribution in [-0.2, 0) is 0 Å². The number of halogens is 1. The number of nitrogens with zero attached hydrogens (tertiary/aromatic N) is 1. The second kappa shape index (κ2) is 4.83. The molecule has 3 rings (SSSR count). The van der Waals surface area contributed by atoms with Gasteiger partial charge in [0.2, 0.25) is 0 Å². The maximum atomic E-state index is 5.97. The van der Waals surface area contributed by atoms with Gasteiger partial charge >= 0.3 is 0 Å². The maximum absolute atomic E-state index is 5.97. The largest absolute Gasteiger partial charge is 0.384 e. The topological polar surface area (TPSA) is 24.9 Å². The van der Waals surface area contributed by atoms with Crippen LogP contribution in [0, 0.1) is 5.92 Å². The number of aromatic nitrogens is 1. The molecule has 2 nitrogen and oxygen atoms in total. The van der Waals surface area contributed by atoms with Crippen LogP contribution in [0.4, 0.5) is 5.69 Å². The molecule has 90 valence electrons. The zero-order valence-corrected chi connectivity index (χ0v) is 10.6. The highest BCUT2D eigenvalue weighted by molar-refractivity contribution is 6.31. The lowest BCUT2D eigenvalue weighted by Gasteiger charge is -2.11. The second-order valence-corrected chi connectivity index (χ2v) is 4.77. The number of benzene rings is 1. The minimum atomic E-state index is 0.473. The fourth-order valence-electron chi connectivity index (χ4n) is 2.12. The third-order valence-electron chi connectivity index (χ3n) is 3.06. The molecule has 1 heterocycles. The first-order chi connectivity index (χ1) is 8.83. The van der Waals surface area contributed by atoms with Crippen molar-refractivity contribution in [3.63, 3.8) is 0 Å². The van der Waals surface area contributed by atoms with Gasteiger partial charge in [0, 0.05) is 34.8 Å². The summed E-state index contributed by atoms with van der Waals surface area (Å²) in [7, 11) is 0. The Kier molecular flexibility index (Phi) is 3.03. The highest BCUT2D eigenvalue weighted by atomic mass is 35.5. The molecule has 0 saturated heterocycles. The summed E-state index contributed by atoms with van der Waals surface area (Å²) in [5.41, 5.74) is 2.02. The van der Waals surface area contributed by atoms with Crippen LogP contribution >= 0.6 is 11.6 Å². The van der Waals surface area contributed by atoms with E-state index in [1.165, 1.54) is 0 Å². The molecule has 0 bridgehead atoms. The molecule has 0 radical (unpaired) electrons. The summed E-state index contributed by atoms with van der Waals surface area (Å²) >= 11 is 5.97. The van der Waals surface area contributed by atoms with E-state index in [9.17, 15) is 0 Å². The Morgan fingerprint density at radius 3 is 2.83 bits per heavy atom. The Labute approximate surface area is 111 Å². The summed E-state index contributed by atoms with van der Waals surface area (Å²) in [6.45, 7) is 0.898. The molecule has 0 unspecified atom stereocenters. The second-order valence-electron chi connectivity index (χ2n) is 4.33. The van der Waals surface area contributed by atoms with Crippen molar-refractivity contribution in [2.75, 3.05) is 11.9 Å². The monoisotopic (exact) mass is 256 g/mol. The molecule has 3 heteroatoms. The number of hydrogen-bond donors (Lipinski definition) is 1. The van der Waals surface area contributed by atoms with Crippen molar-refractivity contribution in [1.82, 2.24) is 4.98 Å². The molecular weight excluding hydrogens is 244 g/mol. The molecule has 0 aliphatic heterocycles. The van der Waals surface area contributed by atoms with Crippen LogP contribution in [0.3, 0.4) is 0 Å². The number of fused-ring (bicyclic) bond motifs is 1. The lowest BCUT2D eigenvalue weighted by molar-refractivity contribution is 0.872. The Hall–Kier alpha value is -1.80. The van der Waals surface area contributed by atoms with Crippen LogP contribution in [0.5, 0.6) is 0 Å². The molecule has 18 heavy (non-hydrogen) atoms. The molecule has 0 spiro atoms. The van der Waals surface area contributed by atoms with Crippen LogP contribution in [-0.4, -0.2) is 11.5 Å². The van der Waals surface area contributed by atoms with Crippen LogP contribution < -0.4 is 5.32 Å². The number of rotatable bonds is 3. The predicted molar refractivity (Wildman–Crippen MR) is 77.0 cm³/mol. The van der Waals surface area contributed by atoms with Gasteiger partial charge < -0.3 is 5.32 Å². The fraction of sp³-hybridized carbons (Fsp3) is 0.133. The minimum absolute atomic E-state index is 0.473. The number of allylic oxidation sites excluding steroid dienone is 2.